The van der Waals surface area contributed by atoms with Crippen molar-refractivity contribution >= 4 is 5.96 Å². The van der Waals surface area contributed by atoms with Crippen molar-refractivity contribution in [1.82, 2.24) is 10.2 Å². The fourth-order valence-electron chi connectivity index (χ4n) is 2.12. The molecule has 0 saturated carbocycles. The molecule has 112 valence electrons. The lowest BCUT2D eigenvalue weighted by Crippen LogP contribution is -2.47. The fraction of sp³-hybridized carbons (Fsp3) is 0.917. The molecule has 0 spiro atoms. The Bertz CT molecular complexity index is 286. The molecule has 0 radical (unpaired) electrons. The topological polar surface area (TPSA) is 36.9 Å². The first-order valence-electron chi connectivity index (χ1n) is 6.60. The van der Waals surface area contributed by atoms with E-state index in [2.05, 4.69) is 10.3 Å². The molecule has 0 aromatic heterocycles. The number of likely N-dealkylation sites (tertiary alicyclic amines) is 1. The smallest absolute Gasteiger partial charge is 0.378 e. The Kier molecular flexibility index (Phi) is 6.41. The van der Waals surface area contributed by atoms with E-state index in [-0.39, 0.29) is 12.6 Å². The quantitative estimate of drug-likeness (QED) is 0.632. The van der Waals surface area contributed by atoms with E-state index in [9.17, 15) is 13.2 Å². The molecule has 0 unspecified atom stereocenters. The van der Waals surface area contributed by atoms with Crippen molar-refractivity contribution in [1.29, 1.82) is 0 Å². The molecule has 0 atom stereocenters. The number of alkyl halides is 3. The second-order valence-electron chi connectivity index (χ2n) is 4.48. The highest BCUT2D eigenvalue weighted by Gasteiger charge is 2.27. The normalized spacial score (nSPS) is 18.8. The molecule has 1 saturated heterocycles. The Hall–Kier alpha value is -0.980. The molecule has 7 heteroatoms. The van der Waals surface area contributed by atoms with Gasteiger partial charge >= 0.3 is 6.18 Å². The summed E-state index contributed by atoms with van der Waals surface area (Å²) in [6, 6.07) is 0. The zero-order valence-electron chi connectivity index (χ0n) is 11.5. The molecule has 1 rings (SSSR count). The molecule has 4 nitrogen and oxygen atoms in total. The van der Waals surface area contributed by atoms with Crippen molar-refractivity contribution in [2.45, 2.75) is 38.5 Å². The molecule has 0 aromatic carbocycles. The number of nitrogens with one attached hydrogen (secondary N) is 1. The first kappa shape index (κ1) is 16.1. The van der Waals surface area contributed by atoms with E-state index in [1.165, 1.54) is 0 Å². The molecule has 1 aliphatic rings. The summed E-state index contributed by atoms with van der Waals surface area (Å²) in [6.45, 7) is 4.04. The summed E-state index contributed by atoms with van der Waals surface area (Å²) in [7, 11) is 1.59. The van der Waals surface area contributed by atoms with Crippen LogP contribution in [0.3, 0.4) is 0 Å². The Balaban J connectivity index is 2.33. The highest BCUT2D eigenvalue weighted by molar-refractivity contribution is 5.79. The Labute approximate surface area is 112 Å². The van der Waals surface area contributed by atoms with E-state index in [0.29, 0.717) is 12.6 Å². The number of halogens is 3. The van der Waals surface area contributed by atoms with Crippen LogP contribution in [0.4, 0.5) is 13.2 Å². The Morgan fingerprint density at radius 3 is 2.47 bits per heavy atom. The van der Waals surface area contributed by atoms with Crippen LogP contribution in [0.15, 0.2) is 4.99 Å². The van der Waals surface area contributed by atoms with Crippen molar-refractivity contribution in [3.63, 3.8) is 0 Å². The van der Waals surface area contributed by atoms with Crippen LogP contribution in [-0.2, 0) is 4.74 Å². The van der Waals surface area contributed by atoms with E-state index in [1.807, 2.05) is 11.8 Å². The largest absolute Gasteiger partial charge is 0.390 e. The first-order valence-corrected chi connectivity index (χ1v) is 6.60. The van der Waals surface area contributed by atoms with Gasteiger partial charge in [0.1, 0.15) is 0 Å². The maximum absolute atomic E-state index is 12.1. The minimum atomic E-state index is -4.13. The van der Waals surface area contributed by atoms with Gasteiger partial charge in [-0.3, -0.25) is 4.99 Å². The predicted octanol–water partition coefficient (Wildman–Crippen LogP) is 2.02. The summed E-state index contributed by atoms with van der Waals surface area (Å²) >= 11 is 0. The fourth-order valence-corrected chi connectivity index (χ4v) is 2.12. The number of guanidine groups is 1. The molecule has 1 heterocycles. The van der Waals surface area contributed by atoms with Gasteiger partial charge < -0.3 is 15.0 Å². The maximum atomic E-state index is 12.1. The van der Waals surface area contributed by atoms with Gasteiger partial charge in [-0.25, -0.2) is 0 Å². The van der Waals surface area contributed by atoms with Crippen LogP contribution in [0, 0.1) is 0 Å². The van der Waals surface area contributed by atoms with Crippen LogP contribution in [0.5, 0.6) is 0 Å². The molecule has 0 aromatic rings. The van der Waals surface area contributed by atoms with Crippen LogP contribution < -0.4 is 5.32 Å². The van der Waals surface area contributed by atoms with Gasteiger partial charge in [0.15, 0.2) is 5.96 Å². The van der Waals surface area contributed by atoms with Crippen molar-refractivity contribution in [3.05, 3.63) is 0 Å². The van der Waals surface area contributed by atoms with Crippen LogP contribution in [0.1, 0.15) is 26.2 Å². The Morgan fingerprint density at radius 2 is 2.00 bits per heavy atom. The second kappa shape index (κ2) is 7.57. The van der Waals surface area contributed by atoms with Crippen molar-refractivity contribution in [2.24, 2.45) is 4.99 Å². The van der Waals surface area contributed by atoms with Gasteiger partial charge in [-0.2, -0.15) is 13.2 Å². The number of ether oxygens (including phenoxy) is 1. The summed E-state index contributed by atoms with van der Waals surface area (Å²) < 4.78 is 41.8. The summed E-state index contributed by atoms with van der Waals surface area (Å²) in [5.74, 6) is 0.541. The minimum Gasteiger partial charge on any atom is -0.378 e. The molecular formula is C12H22F3N3O. The SMILES string of the molecule is CCOC1CCN(C(=NC)NCCC(F)(F)F)CC1. The van der Waals surface area contributed by atoms with Gasteiger partial charge in [-0.15, -0.1) is 0 Å². The minimum absolute atomic E-state index is 0.137. The molecule has 0 aliphatic carbocycles. The third-order valence-corrected chi connectivity index (χ3v) is 3.05. The summed E-state index contributed by atoms with van der Waals surface area (Å²) in [6.07, 6.45) is -2.95. The van der Waals surface area contributed by atoms with Crippen LogP contribution in [0.25, 0.3) is 0 Å². The number of hydrogen-bond acceptors (Lipinski definition) is 2. The van der Waals surface area contributed by atoms with Gasteiger partial charge in [0, 0.05) is 33.3 Å². The number of aliphatic imine (C=N–C) groups is 1. The lowest BCUT2D eigenvalue weighted by atomic mass is 10.1. The molecule has 19 heavy (non-hydrogen) atoms. The highest BCUT2D eigenvalue weighted by Crippen LogP contribution is 2.18. The van der Waals surface area contributed by atoms with E-state index in [4.69, 9.17) is 4.74 Å². The first-order chi connectivity index (χ1) is 8.96. The molecule has 1 aliphatic heterocycles. The van der Waals surface area contributed by atoms with Crippen LogP contribution in [0.2, 0.25) is 0 Å². The summed E-state index contributed by atoms with van der Waals surface area (Å²) in [5.41, 5.74) is 0. The average molecular weight is 281 g/mol. The van der Waals surface area contributed by atoms with Gasteiger partial charge in [0.05, 0.1) is 12.5 Å². The Morgan fingerprint density at radius 1 is 1.37 bits per heavy atom. The molecule has 0 amide bonds. The maximum Gasteiger partial charge on any atom is 0.390 e. The molecule has 0 bridgehead atoms. The van der Waals surface area contributed by atoms with E-state index in [0.717, 1.165) is 25.9 Å². The van der Waals surface area contributed by atoms with Crippen LogP contribution >= 0.6 is 0 Å². The van der Waals surface area contributed by atoms with Crippen molar-refractivity contribution in [3.8, 4) is 0 Å². The molecule has 1 N–H and O–H groups in total. The van der Waals surface area contributed by atoms with Gasteiger partial charge in [-0.05, 0) is 19.8 Å². The number of piperidine rings is 1. The highest BCUT2D eigenvalue weighted by atomic mass is 19.4. The summed E-state index contributed by atoms with van der Waals surface area (Å²) in [4.78, 5) is 6.00. The van der Waals surface area contributed by atoms with Crippen molar-refractivity contribution < 1.29 is 17.9 Å². The van der Waals surface area contributed by atoms with Gasteiger partial charge in [0.2, 0.25) is 0 Å². The standard InChI is InChI=1S/C12H22F3N3O/c1-3-19-10-4-8-18(9-5-10)11(16-2)17-7-6-12(13,14)15/h10H,3-9H2,1-2H3,(H,16,17). The zero-order chi connectivity index (χ0) is 14.3. The van der Waals surface area contributed by atoms with Gasteiger partial charge in [0.25, 0.3) is 0 Å². The summed E-state index contributed by atoms with van der Waals surface area (Å²) in [5, 5.41) is 2.76. The lowest BCUT2D eigenvalue weighted by Gasteiger charge is -2.34. The predicted molar refractivity (Wildman–Crippen MR) is 68.3 cm³/mol. The van der Waals surface area contributed by atoms with E-state index < -0.39 is 12.6 Å². The second-order valence-corrected chi connectivity index (χ2v) is 4.48. The molecule has 1 fully saturated rings. The number of hydrogen-bond donors (Lipinski definition) is 1. The van der Waals surface area contributed by atoms with E-state index in [1.54, 1.807) is 7.05 Å². The van der Waals surface area contributed by atoms with Crippen molar-refractivity contribution in [2.75, 3.05) is 33.3 Å². The number of nitrogens with zero attached hydrogens (tertiary/aromatic N) is 2. The average Bonchev–Trinajstić information content (AvgIpc) is 2.35. The lowest BCUT2D eigenvalue weighted by molar-refractivity contribution is -0.132. The molecular weight excluding hydrogens is 259 g/mol. The monoisotopic (exact) mass is 281 g/mol. The third kappa shape index (κ3) is 6.13. The number of rotatable bonds is 4. The zero-order valence-corrected chi connectivity index (χ0v) is 11.5. The van der Waals surface area contributed by atoms with Crippen LogP contribution in [-0.4, -0.2) is 56.4 Å². The van der Waals surface area contributed by atoms with Gasteiger partial charge in [-0.1, -0.05) is 0 Å². The third-order valence-electron chi connectivity index (χ3n) is 3.05. The van der Waals surface area contributed by atoms with E-state index >= 15 is 0 Å².